The Kier molecular flexibility index (Phi) is 8.89. The Bertz CT molecular complexity index is 1050. The molecule has 0 radical (unpaired) electrons. The molecule has 35 heavy (non-hydrogen) atoms. The van der Waals surface area contributed by atoms with Gasteiger partial charge < -0.3 is 15.3 Å². The Labute approximate surface area is 202 Å². The second kappa shape index (κ2) is 11.9. The maximum atomic E-state index is 13.3. The molecule has 8 nitrogen and oxygen atoms in total. The second-order valence-corrected chi connectivity index (χ2v) is 8.61. The van der Waals surface area contributed by atoms with Crippen LogP contribution in [0.15, 0.2) is 48.5 Å². The second-order valence-electron chi connectivity index (χ2n) is 8.61. The predicted octanol–water partition coefficient (Wildman–Crippen LogP) is 2.15. The van der Waals surface area contributed by atoms with Gasteiger partial charge in [-0.3, -0.25) is 19.6 Å². The van der Waals surface area contributed by atoms with Crippen molar-refractivity contribution in [1.82, 2.24) is 15.3 Å². The first-order valence-electron chi connectivity index (χ1n) is 11.4. The van der Waals surface area contributed by atoms with E-state index in [9.17, 15) is 33.5 Å². The van der Waals surface area contributed by atoms with Gasteiger partial charge in [0, 0.05) is 38.2 Å². The summed E-state index contributed by atoms with van der Waals surface area (Å²) in [5.74, 6) is -3.87. The van der Waals surface area contributed by atoms with Crippen molar-refractivity contribution in [3.63, 3.8) is 0 Å². The Morgan fingerprint density at radius 1 is 1.11 bits per heavy atom. The van der Waals surface area contributed by atoms with E-state index in [1.807, 2.05) is 30.3 Å². The number of aliphatic hydroxyl groups excluding tert-OH is 1. The molecule has 0 aromatic heterocycles. The van der Waals surface area contributed by atoms with Gasteiger partial charge in [-0.05, 0) is 43.0 Å². The van der Waals surface area contributed by atoms with E-state index >= 15 is 0 Å². The number of nitrogens with zero attached hydrogens (tertiary/aromatic N) is 2. The number of amides is 3. The average molecular weight is 490 g/mol. The van der Waals surface area contributed by atoms with E-state index in [2.05, 4.69) is 5.32 Å². The van der Waals surface area contributed by atoms with Crippen LogP contribution >= 0.6 is 0 Å². The highest BCUT2D eigenvalue weighted by Crippen LogP contribution is 2.39. The molecule has 1 saturated heterocycles. The Balaban J connectivity index is 1.52. The van der Waals surface area contributed by atoms with E-state index in [0.717, 1.165) is 23.8 Å². The van der Waals surface area contributed by atoms with Gasteiger partial charge in [0.2, 0.25) is 11.8 Å². The fourth-order valence-corrected chi connectivity index (χ4v) is 4.23. The van der Waals surface area contributed by atoms with E-state index < -0.39 is 28.9 Å². The lowest BCUT2D eigenvalue weighted by atomic mass is 9.79. The van der Waals surface area contributed by atoms with Gasteiger partial charge in [0.15, 0.2) is 11.6 Å². The molecule has 1 heterocycles. The van der Waals surface area contributed by atoms with Crippen molar-refractivity contribution >= 4 is 17.7 Å². The minimum atomic E-state index is -1.16. The first-order valence-corrected chi connectivity index (χ1v) is 11.4. The van der Waals surface area contributed by atoms with Crippen LogP contribution in [-0.2, 0) is 16.0 Å². The molecule has 0 bridgehead atoms. The van der Waals surface area contributed by atoms with E-state index in [0.29, 0.717) is 31.0 Å². The fraction of sp³-hybridized carbons (Fsp3) is 0.400. The Hall–Kier alpha value is -3.37. The van der Waals surface area contributed by atoms with Gasteiger partial charge >= 0.3 is 0 Å². The molecule has 1 aliphatic rings. The zero-order valence-corrected chi connectivity index (χ0v) is 19.3. The maximum absolute atomic E-state index is 13.3. The monoisotopic (exact) mass is 489 g/mol. The molecule has 188 valence electrons. The molecule has 10 heteroatoms. The SMILES string of the molecule is O=C(NCCN(O)C(=O)CC1(CCO)CCN(CCc2ccccc2)C1=O)c1ccc(F)c(F)c1. The number of hydrogen-bond acceptors (Lipinski definition) is 5. The predicted molar refractivity (Wildman–Crippen MR) is 122 cm³/mol. The van der Waals surface area contributed by atoms with Crippen molar-refractivity contribution in [3.05, 3.63) is 71.3 Å². The smallest absolute Gasteiger partial charge is 0.251 e. The van der Waals surface area contributed by atoms with Crippen LogP contribution < -0.4 is 5.32 Å². The van der Waals surface area contributed by atoms with E-state index in [-0.39, 0.29) is 44.0 Å². The summed E-state index contributed by atoms with van der Waals surface area (Å²) >= 11 is 0. The highest BCUT2D eigenvalue weighted by atomic mass is 19.2. The molecule has 0 aliphatic carbocycles. The van der Waals surface area contributed by atoms with Crippen LogP contribution in [0.3, 0.4) is 0 Å². The van der Waals surface area contributed by atoms with Crippen molar-refractivity contribution in [2.45, 2.75) is 25.7 Å². The van der Waals surface area contributed by atoms with Crippen LogP contribution in [0, 0.1) is 17.0 Å². The number of rotatable bonds is 11. The van der Waals surface area contributed by atoms with Crippen LogP contribution in [-0.4, -0.2) is 70.8 Å². The van der Waals surface area contributed by atoms with Crippen molar-refractivity contribution in [2.75, 3.05) is 32.8 Å². The highest BCUT2D eigenvalue weighted by molar-refractivity contribution is 5.94. The number of carbonyl (C=O) groups is 3. The lowest BCUT2D eigenvalue weighted by molar-refractivity contribution is -0.169. The van der Waals surface area contributed by atoms with Gasteiger partial charge in [0.1, 0.15) is 0 Å². The van der Waals surface area contributed by atoms with Gasteiger partial charge in [-0.15, -0.1) is 0 Å². The van der Waals surface area contributed by atoms with Crippen LogP contribution in [0.4, 0.5) is 8.78 Å². The molecule has 1 aliphatic heterocycles. The Morgan fingerprint density at radius 3 is 2.54 bits per heavy atom. The number of aliphatic hydroxyl groups is 1. The third-order valence-electron chi connectivity index (χ3n) is 6.27. The summed E-state index contributed by atoms with van der Waals surface area (Å²) in [7, 11) is 0. The summed E-state index contributed by atoms with van der Waals surface area (Å²) in [6, 6.07) is 12.4. The maximum Gasteiger partial charge on any atom is 0.251 e. The molecule has 3 N–H and O–H groups in total. The van der Waals surface area contributed by atoms with Gasteiger partial charge in [-0.2, -0.15) is 0 Å². The van der Waals surface area contributed by atoms with E-state index in [4.69, 9.17) is 0 Å². The van der Waals surface area contributed by atoms with Gasteiger partial charge in [0.25, 0.3) is 5.91 Å². The summed E-state index contributed by atoms with van der Waals surface area (Å²) < 4.78 is 26.3. The zero-order chi connectivity index (χ0) is 25.4. The summed E-state index contributed by atoms with van der Waals surface area (Å²) in [5.41, 5.74) is -0.116. The molecular weight excluding hydrogens is 460 g/mol. The number of hydroxylamine groups is 2. The number of halogens is 2. The normalized spacial score (nSPS) is 17.5. The summed E-state index contributed by atoms with van der Waals surface area (Å²) in [6.07, 6.45) is 0.870. The standard InChI is InChI=1S/C25H29F2N3O5/c26-20-7-6-19(16-21(20)27)23(33)28-11-14-30(35)22(32)17-25(10-15-31)9-13-29(24(25)34)12-8-18-4-2-1-3-5-18/h1-7,16,31,35H,8-15,17H2,(H,28,33). The lowest BCUT2D eigenvalue weighted by Gasteiger charge is -2.28. The van der Waals surface area contributed by atoms with Crippen molar-refractivity contribution in [3.8, 4) is 0 Å². The number of benzene rings is 2. The van der Waals surface area contributed by atoms with Gasteiger partial charge in [-0.25, -0.2) is 13.8 Å². The van der Waals surface area contributed by atoms with Gasteiger partial charge in [-0.1, -0.05) is 30.3 Å². The average Bonchev–Trinajstić information content (AvgIpc) is 3.14. The van der Waals surface area contributed by atoms with Crippen molar-refractivity contribution in [1.29, 1.82) is 0 Å². The molecule has 1 unspecified atom stereocenters. The molecule has 1 atom stereocenters. The van der Waals surface area contributed by atoms with Crippen LogP contribution in [0.5, 0.6) is 0 Å². The van der Waals surface area contributed by atoms with Crippen molar-refractivity contribution < 1.29 is 33.5 Å². The number of carbonyl (C=O) groups excluding carboxylic acids is 3. The first-order chi connectivity index (χ1) is 16.8. The molecule has 3 amide bonds. The lowest BCUT2D eigenvalue weighted by Crippen LogP contribution is -2.42. The minimum absolute atomic E-state index is 0.0973. The van der Waals surface area contributed by atoms with E-state index in [1.165, 1.54) is 0 Å². The van der Waals surface area contributed by atoms with Crippen LogP contribution in [0.2, 0.25) is 0 Å². The third kappa shape index (κ3) is 6.61. The molecule has 0 spiro atoms. The van der Waals surface area contributed by atoms with Crippen LogP contribution in [0.1, 0.15) is 35.2 Å². The fourth-order valence-electron chi connectivity index (χ4n) is 4.23. The van der Waals surface area contributed by atoms with E-state index in [1.54, 1.807) is 4.90 Å². The third-order valence-corrected chi connectivity index (χ3v) is 6.27. The topological polar surface area (TPSA) is 110 Å². The highest BCUT2D eigenvalue weighted by Gasteiger charge is 2.47. The minimum Gasteiger partial charge on any atom is -0.396 e. The first kappa shape index (κ1) is 26.2. The van der Waals surface area contributed by atoms with Crippen LogP contribution in [0.25, 0.3) is 0 Å². The molecule has 0 saturated carbocycles. The molecular formula is C25H29F2N3O5. The molecule has 2 aromatic rings. The summed E-state index contributed by atoms with van der Waals surface area (Å²) in [4.78, 5) is 39.5. The number of hydrogen-bond donors (Lipinski definition) is 3. The Morgan fingerprint density at radius 2 is 1.86 bits per heavy atom. The summed E-state index contributed by atoms with van der Waals surface area (Å²) in [6.45, 7) is 0.249. The number of nitrogens with one attached hydrogen (secondary N) is 1. The quantitative estimate of drug-likeness (QED) is 0.331. The molecule has 3 rings (SSSR count). The molecule has 1 fully saturated rings. The largest absolute Gasteiger partial charge is 0.396 e. The van der Waals surface area contributed by atoms with Crippen molar-refractivity contribution in [2.24, 2.45) is 5.41 Å². The molecule has 2 aromatic carbocycles. The summed E-state index contributed by atoms with van der Waals surface area (Å²) in [5, 5.41) is 22.5. The number of likely N-dealkylation sites (tertiary alicyclic amines) is 1. The van der Waals surface area contributed by atoms with Gasteiger partial charge in [0.05, 0.1) is 12.0 Å². The zero-order valence-electron chi connectivity index (χ0n) is 19.3.